The van der Waals surface area contributed by atoms with Gasteiger partial charge in [0.15, 0.2) is 0 Å². The summed E-state index contributed by atoms with van der Waals surface area (Å²) in [5, 5.41) is 10.3. The molecule has 1 heterocycles. The highest BCUT2D eigenvalue weighted by molar-refractivity contribution is 5.64. The average Bonchev–Trinajstić information content (AvgIpc) is 2.66. The molecule has 0 unspecified atom stereocenters. The summed E-state index contributed by atoms with van der Waals surface area (Å²) < 4.78 is 0. The average molecular weight is 151 g/mol. The molecular formula is C6H9N5. The number of hydrazone groups is 1. The van der Waals surface area contributed by atoms with Gasteiger partial charge < -0.3 is 0 Å². The van der Waals surface area contributed by atoms with Crippen molar-refractivity contribution in [2.75, 3.05) is 5.43 Å². The zero-order valence-electron chi connectivity index (χ0n) is 5.99. The van der Waals surface area contributed by atoms with Gasteiger partial charge in [0.05, 0.1) is 0 Å². The molecule has 1 aliphatic carbocycles. The van der Waals surface area contributed by atoms with Gasteiger partial charge in [0.2, 0.25) is 5.95 Å². The number of nitrogens with zero attached hydrogens (tertiary/aromatic N) is 3. The van der Waals surface area contributed by atoms with Crippen LogP contribution >= 0.6 is 0 Å². The molecule has 2 N–H and O–H groups in total. The van der Waals surface area contributed by atoms with Crippen LogP contribution in [0, 0.1) is 5.92 Å². The molecule has 0 amide bonds. The SMILES string of the molecule is C(=N\Nc1ncn[nH]1)/C1CC1. The van der Waals surface area contributed by atoms with E-state index in [0.717, 1.165) is 0 Å². The number of H-pyrrole nitrogens is 1. The van der Waals surface area contributed by atoms with Gasteiger partial charge in [-0.25, -0.2) is 10.5 Å². The van der Waals surface area contributed by atoms with E-state index in [4.69, 9.17) is 0 Å². The van der Waals surface area contributed by atoms with E-state index in [1.165, 1.54) is 19.2 Å². The van der Waals surface area contributed by atoms with Gasteiger partial charge in [0, 0.05) is 6.21 Å². The fraction of sp³-hybridized carbons (Fsp3) is 0.500. The lowest BCUT2D eigenvalue weighted by molar-refractivity contribution is 1.07. The second-order valence-electron chi connectivity index (χ2n) is 2.56. The fourth-order valence-electron chi connectivity index (χ4n) is 0.708. The standard InChI is InChI=1S/C6H9N5/c1-2-5(1)3-8-10-6-7-4-9-11-6/h3-5H,1-2H2,(H2,7,9,10,11)/b8-3+. The first-order valence-corrected chi connectivity index (χ1v) is 3.60. The molecule has 5 nitrogen and oxygen atoms in total. The molecule has 0 aliphatic heterocycles. The summed E-state index contributed by atoms with van der Waals surface area (Å²) >= 11 is 0. The summed E-state index contributed by atoms with van der Waals surface area (Å²) in [4.78, 5) is 3.84. The van der Waals surface area contributed by atoms with Crippen LogP contribution in [0.5, 0.6) is 0 Å². The third-order valence-electron chi connectivity index (χ3n) is 1.49. The van der Waals surface area contributed by atoms with Crippen molar-refractivity contribution in [3.63, 3.8) is 0 Å². The van der Waals surface area contributed by atoms with Crippen LogP contribution < -0.4 is 5.43 Å². The molecule has 1 aliphatic rings. The van der Waals surface area contributed by atoms with Crippen LogP contribution in [-0.2, 0) is 0 Å². The minimum Gasteiger partial charge on any atom is -0.246 e. The summed E-state index contributed by atoms with van der Waals surface area (Å²) in [6.45, 7) is 0. The number of hydrogen-bond donors (Lipinski definition) is 2. The summed E-state index contributed by atoms with van der Waals surface area (Å²) in [7, 11) is 0. The molecule has 0 atom stereocenters. The number of aromatic amines is 1. The van der Waals surface area contributed by atoms with Crippen molar-refractivity contribution in [2.24, 2.45) is 11.0 Å². The maximum Gasteiger partial charge on any atom is 0.239 e. The molecule has 0 spiro atoms. The molecule has 0 saturated heterocycles. The predicted molar refractivity (Wildman–Crippen MR) is 41.2 cm³/mol. The topological polar surface area (TPSA) is 66.0 Å². The van der Waals surface area contributed by atoms with Crippen LogP contribution in [0.15, 0.2) is 11.4 Å². The largest absolute Gasteiger partial charge is 0.246 e. The third-order valence-corrected chi connectivity index (χ3v) is 1.49. The Morgan fingerprint density at radius 2 is 2.64 bits per heavy atom. The number of nitrogens with one attached hydrogen (secondary N) is 2. The van der Waals surface area contributed by atoms with E-state index in [2.05, 4.69) is 25.7 Å². The minimum absolute atomic E-state index is 0.585. The number of rotatable bonds is 3. The summed E-state index contributed by atoms with van der Waals surface area (Å²) in [6.07, 6.45) is 5.88. The Kier molecular flexibility index (Phi) is 1.55. The molecule has 11 heavy (non-hydrogen) atoms. The van der Waals surface area contributed by atoms with Crippen LogP contribution in [0.2, 0.25) is 0 Å². The summed E-state index contributed by atoms with van der Waals surface area (Å²) in [5.74, 6) is 1.27. The van der Waals surface area contributed by atoms with Crippen LogP contribution in [0.3, 0.4) is 0 Å². The van der Waals surface area contributed by atoms with Crippen molar-refractivity contribution in [1.82, 2.24) is 15.2 Å². The number of aromatic nitrogens is 3. The van der Waals surface area contributed by atoms with E-state index in [1.807, 2.05) is 6.21 Å². The van der Waals surface area contributed by atoms with Crippen LogP contribution in [-0.4, -0.2) is 21.4 Å². The first-order valence-electron chi connectivity index (χ1n) is 3.60. The van der Waals surface area contributed by atoms with Gasteiger partial charge in [-0.1, -0.05) is 0 Å². The van der Waals surface area contributed by atoms with Gasteiger partial charge in [0.1, 0.15) is 6.33 Å². The molecule has 0 bridgehead atoms. The third kappa shape index (κ3) is 1.76. The number of hydrogen-bond acceptors (Lipinski definition) is 4. The summed E-state index contributed by atoms with van der Waals surface area (Å²) in [6, 6.07) is 0. The highest BCUT2D eigenvalue weighted by Crippen LogP contribution is 2.26. The van der Waals surface area contributed by atoms with E-state index in [-0.39, 0.29) is 0 Å². The number of anilines is 1. The van der Waals surface area contributed by atoms with Gasteiger partial charge in [-0.05, 0) is 18.8 Å². The highest BCUT2D eigenvalue weighted by Gasteiger charge is 2.18. The lowest BCUT2D eigenvalue weighted by Gasteiger charge is -1.89. The Hall–Kier alpha value is -1.39. The Morgan fingerprint density at radius 3 is 3.27 bits per heavy atom. The van der Waals surface area contributed by atoms with Crippen LogP contribution in [0.1, 0.15) is 12.8 Å². The molecular weight excluding hydrogens is 142 g/mol. The monoisotopic (exact) mass is 151 g/mol. The normalized spacial score (nSPS) is 17.5. The fourth-order valence-corrected chi connectivity index (χ4v) is 0.708. The van der Waals surface area contributed by atoms with Crippen molar-refractivity contribution in [2.45, 2.75) is 12.8 Å². The van der Waals surface area contributed by atoms with Gasteiger partial charge in [-0.15, -0.1) is 0 Å². The Labute approximate surface area is 63.9 Å². The van der Waals surface area contributed by atoms with Gasteiger partial charge in [0.25, 0.3) is 0 Å². The second kappa shape index (κ2) is 2.69. The molecule has 1 fully saturated rings. The minimum atomic E-state index is 0.585. The first-order chi connectivity index (χ1) is 5.45. The van der Waals surface area contributed by atoms with E-state index >= 15 is 0 Å². The van der Waals surface area contributed by atoms with Crippen molar-refractivity contribution in [3.05, 3.63) is 6.33 Å². The maximum absolute atomic E-state index is 3.97. The Balaban J connectivity index is 1.81. The molecule has 2 rings (SSSR count). The molecule has 0 radical (unpaired) electrons. The van der Waals surface area contributed by atoms with E-state index in [0.29, 0.717) is 11.9 Å². The van der Waals surface area contributed by atoms with Gasteiger partial charge >= 0.3 is 0 Å². The predicted octanol–water partition coefficient (Wildman–Crippen LogP) is 0.612. The van der Waals surface area contributed by atoms with Crippen molar-refractivity contribution < 1.29 is 0 Å². The Bertz CT molecular complexity index is 235. The molecule has 58 valence electrons. The van der Waals surface area contributed by atoms with Gasteiger partial charge in [-0.2, -0.15) is 15.2 Å². The van der Waals surface area contributed by atoms with Crippen molar-refractivity contribution >= 4 is 12.2 Å². The smallest absolute Gasteiger partial charge is 0.239 e. The van der Waals surface area contributed by atoms with Crippen molar-refractivity contribution in [1.29, 1.82) is 0 Å². The second-order valence-corrected chi connectivity index (χ2v) is 2.56. The Morgan fingerprint density at radius 1 is 1.73 bits per heavy atom. The lowest BCUT2D eigenvalue weighted by atomic mass is 10.5. The first kappa shape index (κ1) is 6.33. The van der Waals surface area contributed by atoms with E-state index in [1.54, 1.807) is 0 Å². The molecule has 1 aromatic heterocycles. The molecule has 1 aromatic rings. The van der Waals surface area contributed by atoms with E-state index in [9.17, 15) is 0 Å². The maximum atomic E-state index is 3.97. The van der Waals surface area contributed by atoms with Crippen LogP contribution in [0.25, 0.3) is 0 Å². The molecule has 0 aromatic carbocycles. The lowest BCUT2D eigenvalue weighted by Crippen LogP contribution is -1.91. The van der Waals surface area contributed by atoms with E-state index < -0.39 is 0 Å². The van der Waals surface area contributed by atoms with Gasteiger partial charge in [-0.3, -0.25) is 0 Å². The molecule has 5 heteroatoms. The zero-order valence-corrected chi connectivity index (χ0v) is 5.99. The highest BCUT2D eigenvalue weighted by atomic mass is 15.4. The molecule has 1 saturated carbocycles. The zero-order chi connectivity index (χ0) is 7.52. The van der Waals surface area contributed by atoms with Crippen molar-refractivity contribution in [3.8, 4) is 0 Å². The summed E-state index contributed by atoms with van der Waals surface area (Å²) in [5.41, 5.74) is 2.74. The van der Waals surface area contributed by atoms with Crippen LogP contribution in [0.4, 0.5) is 5.95 Å². The quantitative estimate of drug-likeness (QED) is 0.491.